The highest BCUT2D eigenvalue weighted by Gasteiger charge is 2.04. The van der Waals surface area contributed by atoms with E-state index in [9.17, 15) is 4.79 Å². The molecule has 0 unspecified atom stereocenters. The number of rotatable bonds is 1. The summed E-state index contributed by atoms with van der Waals surface area (Å²) in [5.41, 5.74) is 1.56. The fourth-order valence-electron chi connectivity index (χ4n) is 1.93. The number of pyridine rings is 1. The average molecular weight is 242 g/mol. The van der Waals surface area contributed by atoms with Crippen molar-refractivity contribution < 1.29 is 0 Å². The largest absolute Gasteiger partial charge is 0.269 e. The van der Waals surface area contributed by atoms with Gasteiger partial charge in [0.05, 0.1) is 5.52 Å². The molecule has 3 rings (SSSR count). The van der Waals surface area contributed by atoms with Gasteiger partial charge in [-0.1, -0.05) is 18.2 Å². The predicted octanol–water partition coefficient (Wildman–Crippen LogP) is 2.57. The molecular formula is C13H10N2OS. The molecule has 0 spiro atoms. The predicted molar refractivity (Wildman–Crippen MR) is 70.7 cm³/mol. The zero-order valence-corrected chi connectivity index (χ0v) is 10.1. The molecule has 0 bridgehead atoms. The number of hydrogen-bond acceptors (Lipinski definition) is 3. The van der Waals surface area contributed by atoms with Gasteiger partial charge >= 0.3 is 0 Å². The van der Waals surface area contributed by atoms with Crippen LogP contribution in [0.1, 0.15) is 0 Å². The molecule has 3 nitrogen and oxygen atoms in total. The molecule has 84 valence electrons. The van der Waals surface area contributed by atoms with Crippen molar-refractivity contribution in [2.45, 2.75) is 5.03 Å². The Labute approximate surface area is 102 Å². The average Bonchev–Trinajstić information content (AvgIpc) is 2.37. The number of thioether (sulfide) groups is 1. The van der Waals surface area contributed by atoms with E-state index in [0.717, 1.165) is 15.9 Å². The van der Waals surface area contributed by atoms with Crippen LogP contribution in [0, 0.1) is 0 Å². The molecule has 0 atom stereocenters. The summed E-state index contributed by atoms with van der Waals surface area (Å²) in [5, 5.41) is 1.80. The van der Waals surface area contributed by atoms with Crippen molar-refractivity contribution in [2.75, 3.05) is 6.26 Å². The second kappa shape index (κ2) is 3.89. The second-order valence-corrected chi connectivity index (χ2v) is 4.55. The molecule has 17 heavy (non-hydrogen) atoms. The fourth-order valence-corrected chi connectivity index (χ4v) is 2.34. The molecule has 0 saturated carbocycles. The van der Waals surface area contributed by atoms with E-state index in [1.807, 2.05) is 42.7 Å². The quantitative estimate of drug-likeness (QED) is 0.373. The van der Waals surface area contributed by atoms with Crippen LogP contribution in [0.15, 0.2) is 52.3 Å². The summed E-state index contributed by atoms with van der Waals surface area (Å²) >= 11 is 1.48. The molecule has 1 aromatic carbocycles. The lowest BCUT2D eigenvalue weighted by Crippen LogP contribution is -2.14. The Morgan fingerprint density at radius 2 is 2.00 bits per heavy atom. The summed E-state index contributed by atoms with van der Waals surface area (Å²) in [6, 6.07) is 13.3. The van der Waals surface area contributed by atoms with Gasteiger partial charge in [0.15, 0.2) is 0 Å². The molecule has 4 heteroatoms. The van der Waals surface area contributed by atoms with Crippen molar-refractivity contribution in [1.29, 1.82) is 0 Å². The van der Waals surface area contributed by atoms with Crippen LogP contribution in [0.2, 0.25) is 0 Å². The Balaban J connectivity index is 2.55. The van der Waals surface area contributed by atoms with E-state index < -0.39 is 0 Å². The van der Waals surface area contributed by atoms with E-state index in [1.54, 1.807) is 10.5 Å². The molecule has 0 aliphatic heterocycles. The third kappa shape index (κ3) is 1.61. The van der Waals surface area contributed by atoms with Gasteiger partial charge in [0.25, 0.3) is 5.56 Å². The van der Waals surface area contributed by atoms with Crippen LogP contribution < -0.4 is 5.56 Å². The second-order valence-electron chi connectivity index (χ2n) is 3.72. The normalized spacial score (nSPS) is 11.1. The highest BCUT2D eigenvalue weighted by molar-refractivity contribution is 7.98. The van der Waals surface area contributed by atoms with Crippen LogP contribution in [0.4, 0.5) is 0 Å². The number of hydrogen-bond donors (Lipinski definition) is 0. The van der Waals surface area contributed by atoms with Crippen molar-refractivity contribution >= 4 is 28.3 Å². The van der Waals surface area contributed by atoms with Crippen molar-refractivity contribution in [3.05, 3.63) is 52.8 Å². The van der Waals surface area contributed by atoms with E-state index in [1.165, 1.54) is 11.8 Å². The van der Waals surface area contributed by atoms with Crippen LogP contribution in [0.5, 0.6) is 0 Å². The van der Waals surface area contributed by atoms with E-state index in [2.05, 4.69) is 4.98 Å². The monoisotopic (exact) mass is 242 g/mol. The molecule has 0 saturated heterocycles. The van der Waals surface area contributed by atoms with Crippen LogP contribution in [-0.4, -0.2) is 15.6 Å². The van der Waals surface area contributed by atoms with E-state index >= 15 is 0 Å². The van der Waals surface area contributed by atoms with Gasteiger partial charge < -0.3 is 0 Å². The molecular weight excluding hydrogens is 232 g/mol. The molecule has 0 radical (unpaired) electrons. The summed E-state index contributed by atoms with van der Waals surface area (Å²) in [6.07, 6.45) is 1.92. The first-order valence-electron chi connectivity index (χ1n) is 5.25. The molecule has 0 aliphatic rings. The molecule has 2 aromatic heterocycles. The number of fused-ring (bicyclic) bond motifs is 3. The summed E-state index contributed by atoms with van der Waals surface area (Å²) in [4.78, 5) is 16.5. The first kappa shape index (κ1) is 10.4. The maximum Gasteiger partial charge on any atom is 0.259 e. The topological polar surface area (TPSA) is 34.4 Å². The SMILES string of the molecule is CSc1cc(=O)n2c(ccc3ccccc32)n1. The summed E-state index contributed by atoms with van der Waals surface area (Å²) in [5.74, 6) is 0. The molecule has 0 aliphatic carbocycles. The van der Waals surface area contributed by atoms with Gasteiger partial charge in [-0.25, -0.2) is 4.98 Å². The maximum atomic E-state index is 12.1. The van der Waals surface area contributed by atoms with Gasteiger partial charge in [-0.3, -0.25) is 9.20 Å². The van der Waals surface area contributed by atoms with Gasteiger partial charge in [0.2, 0.25) is 0 Å². The maximum absolute atomic E-state index is 12.1. The van der Waals surface area contributed by atoms with E-state index in [4.69, 9.17) is 0 Å². The Morgan fingerprint density at radius 1 is 1.18 bits per heavy atom. The standard InChI is InChI=1S/C13H10N2OS/c1-17-12-8-13(16)15-10-5-3-2-4-9(10)6-7-11(15)14-12/h2-8H,1H3. The third-order valence-electron chi connectivity index (χ3n) is 2.72. The van der Waals surface area contributed by atoms with Crippen LogP contribution in [0.25, 0.3) is 16.6 Å². The molecule has 0 N–H and O–H groups in total. The van der Waals surface area contributed by atoms with Crippen LogP contribution >= 0.6 is 11.8 Å². The zero-order chi connectivity index (χ0) is 11.8. The third-order valence-corrected chi connectivity index (χ3v) is 3.35. The Hall–Kier alpha value is -1.81. The number of aromatic nitrogens is 2. The van der Waals surface area contributed by atoms with E-state index in [-0.39, 0.29) is 5.56 Å². The fraction of sp³-hybridized carbons (Fsp3) is 0.0769. The molecule has 3 aromatic rings. The van der Waals surface area contributed by atoms with Crippen molar-refractivity contribution in [2.24, 2.45) is 0 Å². The summed E-state index contributed by atoms with van der Waals surface area (Å²) in [7, 11) is 0. The van der Waals surface area contributed by atoms with E-state index in [0.29, 0.717) is 5.65 Å². The van der Waals surface area contributed by atoms with Crippen LogP contribution in [0.3, 0.4) is 0 Å². The first-order chi connectivity index (χ1) is 8.29. The highest BCUT2D eigenvalue weighted by atomic mass is 32.2. The van der Waals surface area contributed by atoms with Crippen molar-refractivity contribution in [3.8, 4) is 0 Å². The molecule has 0 fully saturated rings. The Kier molecular flexibility index (Phi) is 2.37. The lowest BCUT2D eigenvalue weighted by atomic mass is 10.2. The number of benzene rings is 1. The van der Waals surface area contributed by atoms with Gasteiger partial charge in [-0.2, -0.15) is 0 Å². The molecule has 0 amide bonds. The minimum absolute atomic E-state index is 0.0313. The Bertz CT molecular complexity index is 764. The minimum atomic E-state index is -0.0313. The highest BCUT2D eigenvalue weighted by Crippen LogP contribution is 2.16. The number of para-hydroxylation sites is 1. The first-order valence-corrected chi connectivity index (χ1v) is 6.47. The van der Waals surface area contributed by atoms with Crippen molar-refractivity contribution in [3.63, 3.8) is 0 Å². The van der Waals surface area contributed by atoms with Crippen LogP contribution in [-0.2, 0) is 0 Å². The Morgan fingerprint density at radius 3 is 2.82 bits per heavy atom. The minimum Gasteiger partial charge on any atom is -0.269 e. The van der Waals surface area contributed by atoms with Gasteiger partial charge in [0, 0.05) is 6.07 Å². The zero-order valence-electron chi connectivity index (χ0n) is 9.25. The van der Waals surface area contributed by atoms with Gasteiger partial charge in [0.1, 0.15) is 10.7 Å². The smallest absolute Gasteiger partial charge is 0.259 e. The number of nitrogens with zero attached hydrogens (tertiary/aromatic N) is 2. The summed E-state index contributed by atoms with van der Waals surface area (Å²) < 4.78 is 1.65. The van der Waals surface area contributed by atoms with Gasteiger partial charge in [-0.05, 0) is 29.8 Å². The molecule has 2 heterocycles. The summed E-state index contributed by atoms with van der Waals surface area (Å²) in [6.45, 7) is 0. The van der Waals surface area contributed by atoms with Gasteiger partial charge in [-0.15, -0.1) is 11.8 Å². The lowest BCUT2D eigenvalue weighted by Gasteiger charge is -2.05. The lowest BCUT2D eigenvalue weighted by molar-refractivity contribution is 1.02. The van der Waals surface area contributed by atoms with Crippen molar-refractivity contribution in [1.82, 2.24) is 9.38 Å².